The lowest BCUT2D eigenvalue weighted by Crippen LogP contribution is -2.41. The molecule has 0 bridgehead atoms. The average Bonchev–Trinajstić information content (AvgIpc) is 2.98. The van der Waals surface area contributed by atoms with Crippen molar-refractivity contribution in [1.29, 1.82) is 0 Å². The number of fused-ring (bicyclic) bond motifs is 2. The van der Waals surface area contributed by atoms with E-state index in [4.69, 9.17) is 0 Å². The van der Waals surface area contributed by atoms with Gasteiger partial charge in [0.15, 0.2) is 0 Å². The van der Waals surface area contributed by atoms with Crippen LogP contribution in [-0.2, 0) is 23.0 Å². The normalized spacial score (nSPS) is 14.2. The Bertz CT molecular complexity index is 1240. The highest BCUT2D eigenvalue weighted by atomic mass is 32.2. The quantitative estimate of drug-likeness (QED) is 0.635. The Morgan fingerprint density at radius 2 is 1.83 bits per heavy atom. The molecule has 2 N–H and O–H groups in total. The van der Waals surface area contributed by atoms with Gasteiger partial charge < -0.3 is 0 Å². The molecule has 9 heteroatoms. The summed E-state index contributed by atoms with van der Waals surface area (Å²) in [5.41, 5.74) is 2.73. The van der Waals surface area contributed by atoms with E-state index in [0.717, 1.165) is 31.5 Å². The molecule has 29 heavy (non-hydrogen) atoms. The fraction of sp³-hybridized carbons (Fsp3) is 0.250. The Kier molecular flexibility index (Phi) is 5.16. The number of rotatable bonds is 4. The molecule has 0 spiro atoms. The largest absolute Gasteiger partial charge is 0.296 e. The smallest absolute Gasteiger partial charge is 0.266 e. The first kappa shape index (κ1) is 19.3. The fourth-order valence-electron chi connectivity index (χ4n) is 3.40. The number of hydrazine groups is 1. The number of amides is 1. The number of aryl methyl sites for hydroxylation is 1. The van der Waals surface area contributed by atoms with E-state index in [-0.39, 0.29) is 16.0 Å². The van der Waals surface area contributed by atoms with Gasteiger partial charge in [-0.25, -0.2) is 13.4 Å². The van der Waals surface area contributed by atoms with Gasteiger partial charge in [-0.3, -0.25) is 19.6 Å². The van der Waals surface area contributed by atoms with E-state index in [1.807, 2.05) is 0 Å². The maximum atomic E-state index is 12.8. The lowest BCUT2D eigenvalue weighted by molar-refractivity contribution is 0.0945. The minimum Gasteiger partial charge on any atom is -0.296 e. The van der Waals surface area contributed by atoms with Gasteiger partial charge in [0.2, 0.25) is 0 Å². The molecule has 3 aromatic rings. The zero-order valence-electron chi connectivity index (χ0n) is 15.6. The molecule has 0 fully saturated rings. The summed E-state index contributed by atoms with van der Waals surface area (Å²) >= 11 is 0. The summed E-state index contributed by atoms with van der Waals surface area (Å²) in [6.07, 6.45) is 3.69. The van der Waals surface area contributed by atoms with Gasteiger partial charge in [-0.05, 0) is 43.2 Å². The Balaban J connectivity index is 1.59. The van der Waals surface area contributed by atoms with E-state index in [9.17, 15) is 18.0 Å². The van der Waals surface area contributed by atoms with Crippen molar-refractivity contribution in [3.63, 3.8) is 0 Å². The Morgan fingerprint density at radius 3 is 2.62 bits per heavy atom. The number of nitrogens with one attached hydrogen (secondary N) is 2. The molecular weight excluding hydrogens is 392 g/mol. The SMILES string of the molecule is O=C(NNS(=O)(=O)c1ccccc1)c1ccc2c(=O)n3c(nc2c1)CCCCC3. The molecule has 1 aliphatic rings. The number of nitrogens with zero attached hydrogens (tertiary/aromatic N) is 2. The van der Waals surface area contributed by atoms with Crippen LogP contribution in [-0.4, -0.2) is 23.9 Å². The van der Waals surface area contributed by atoms with Crippen molar-refractivity contribution in [3.8, 4) is 0 Å². The van der Waals surface area contributed by atoms with E-state index in [1.54, 1.807) is 28.8 Å². The van der Waals surface area contributed by atoms with E-state index in [1.165, 1.54) is 24.3 Å². The standard InChI is InChI=1S/C20H20N4O4S/c25-19(22-23-29(27,28)15-7-3-1-4-8-15)14-10-11-16-17(13-14)21-18-9-5-2-6-12-24(18)20(16)26/h1,3-4,7-8,10-11,13,23H,2,5-6,9,12H2,(H,22,25). The first-order valence-corrected chi connectivity index (χ1v) is 10.8. The van der Waals surface area contributed by atoms with Crippen LogP contribution in [0.1, 0.15) is 35.4 Å². The molecule has 0 aliphatic carbocycles. The van der Waals surface area contributed by atoms with Crippen LogP contribution in [0, 0.1) is 0 Å². The monoisotopic (exact) mass is 412 g/mol. The first-order valence-electron chi connectivity index (χ1n) is 9.36. The van der Waals surface area contributed by atoms with Crippen LogP contribution in [0.25, 0.3) is 10.9 Å². The molecule has 2 aromatic carbocycles. The number of carbonyl (C=O) groups excluding carboxylic acids is 1. The summed E-state index contributed by atoms with van der Waals surface area (Å²) in [6.45, 7) is 0.653. The average molecular weight is 412 g/mol. The lowest BCUT2D eigenvalue weighted by atomic mass is 10.1. The van der Waals surface area contributed by atoms with Crippen LogP contribution in [0.4, 0.5) is 0 Å². The second kappa shape index (κ2) is 7.76. The summed E-state index contributed by atoms with van der Waals surface area (Å²) in [6, 6.07) is 12.3. The maximum Gasteiger partial charge on any atom is 0.266 e. The number of hydrogen-bond acceptors (Lipinski definition) is 5. The van der Waals surface area contributed by atoms with Gasteiger partial charge in [-0.1, -0.05) is 24.6 Å². The molecule has 2 heterocycles. The minimum absolute atomic E-state index is 0.0381. The summed E-state index contributed by atoms with van der Waals surface area (Å²) < 4.78 is 26.2. The number of carbonyl (C=O) groups is 1. The van der Waals surface area contributed by atoms with Gasteiger partial charge in [-0.15, -0.1) is 4.83 Å². The zero-order valence-corrected chi connectivity index (χ0v) is 16.4. The Labute approximate surface area is 167 Å². The van der Waals surface area contributed by atoms with Gasteiger partial charge >= 0.3 is 0 Å². The molecule has 1 amide bonds. The topological polar surface area (TPSA) is 110 Å². The molecule has 0 radical (unpaired) electrons. The third-order valence-corrected chi connectivity index (χ3v) is 6.19. The fourth-order valence-corrected chi connectivity index (χ4v) is 4.26. The van der Waals surface area contributed by atoms with Crippen molar-refractivity contribution in [3.05, 3.63) is 70.3 Å². The lowest BCUT2D eigenvalue weighted by Gasteiger charge is -2.11. The summed E-state index contributed by atoms with van der Waals surface area (Å²) in [4.78, 5) is 31.9. The minimum atomic E-state index is -3.88. The van der Waals surface area contributed by atoms with Crippen LogP contribution < -0.4 is 15.8 Å². The van der Waals surface area contributed by atoms with Gasteiger partial charge in [0, 0.05) is 18.5 Å². The molecule has 1 aliphatic heterocycles. The maximum absolute atomic E-state index is 12.8. The highest BCUT2D eigenvalue weighted by molar-refractivity contribution is 7.89. The number of hydrogen-bond donors (Lipinski definition) is 2. The van der Waals surface area contributed by atoms with Crippen LogP contribution in [0.3, 0.4) is 0 Å². The Hall–Kier alpha value is -3.04. The predicted octanol–water partition coefficient (Wildman–Crippen LogP) is 1.75. The van der Waals surface area contributed by atoms with E-state index < -0.39 is 15.9 Å². The van der Waals surface area contributed by atoms with E-state index in [0.29, 0.717) is 17.4 Å². The molecule has 1 aromatic heterocycles. The summed E-state index contributed by atoms with van der Waals surface area (Å²) in [5, 5.41) is 0.442. The second-order valence-corrected chi connectivity index (χ2v) is 8.58. The summed E-state index contributed by atoms with van der Waals surface area (Å²) in [5.74, 6) is 0.0885. The molecule has 0 saturated heterocycles. The molecule has 0 unspecified atom stereocenters. The highest BCUT2D eigenvalue weighted by Gasteiger charge is 2.17. The van der Waals surface area contributed by atoms with Crippen LogP contribution in [0.5, 0.6) is 0 Å². The van der Waals surface area contributed by atoms with Crippen molar-refractivity contribution < 1.29 is 13.2 Å². The Morgan fingerprint density at radius 1 is 1.03 bits per heavy atom. The van der Waals surface area contributed by atoms with E-state index in [2.05, 4.69) is 15.2 Å². The third-order valence-electron chi connectivity index (χ3n) is 4.93. The van der Waals surface area contributed by atoms with Gasteiger partial charge in [0.25, 0.3) is 21.5 Å². The van der Waals surface area contributed by atoms with Crippen molar-refractivity contribution >= 4 is 26.8 Å². The van der Waals surface area contributed by atoms with Gasteiger partial charge in [-0.2, -0.15) is 0 Å². The third kappa shape index (κ3) is 3.92. The molecule has 4 rings (SSSR count). The zero-order chi connectivity index (χ0) is 20.4. The van der Waals surface area contributed by atoms with Crippen molar-refractivity contribution in [2.75, 3.05) is 0 Å². The highest BCUT2D eigenvalue weighted by Crippen LogP contribution is 2.16. The molecule has 150 valence electrons. The van der Waals surface area contributed by atoms with Crippen LogP contribution in [0.2, 0.25) is 0 Å². The number of sulfonamides is 1. The van der Waals surface area contributed by atoms with Gasteiger partial charge in [0.05, 0.1) is 15.8 Å². The molecule has 0 saturated carbocycles. The number of benzene rings is 2. The van der Waals surface area contributed by atoms with Crippen LogP contribution in [0.15, 0.2) is 58.2 Å². The molecule has 8 nitrogen and oxygen atoms in total. The predicted molar refractivity (Wildman–Crippen MR) is 108 cm³/mol. The van der Waals surface area contributed by atoms with Crippen molar-refractivity contribution in [1.82, 2.24) is 19.8 Å². The van der Waals surface area contributed by atoms with Crippen molar-refractivity contribution in [2.24, 2.45) is 0 Å². The first-order chi connectivity index (χ1) is 14.0. The molecular formula is C20H20N4O4S. The summed E-state index contributed by atoms with van der Waals surface area (Å²) in [7, 11) is -3.88. The van der Waals surface area contributed by atoms with E-state index >= 15 is 0 Å². The number of aromatic nitrogens is 2. The second-order valence-electron chi connectivity index (χ2n) is 6.90. The van der Waals surface area contributed by atoms with Crippen LogP contribution >= 0.6 is 0 Å². The molecule has 0 atom stereocenters. The van der Waals surface area contributed by atoms with Gasteiger partial charge in [0.1, 0.15) is 5.82 Å². The van der Waals surface area contributed by atoms with Crippen molar-refractivity contribution in [2.45, 2.75) is 37.1 Å².